The zero-order chi connectivity index (χ0) is 21.5. The number of halogens is 1. The van der Waals surface area contributed by atoms with E-state index in [0.717, 1.165) is 23.0 Å². The summed E-state index contributed by atoms with van der Waals surface area (Å²) >= 11 is 6.23. The van der Waals surface area contributed by atoms with Crippen LogP contribution in [0.4, 0.5) is 5.82 Å². The Bertz CT molecular complexity index is 922. The summed E-state index contributed by atoms with van der Waals surface area (Å²) in [6, 6.07) is 20.7. The van der Waals surface area contributed by atoms with Gasteiger partial charge in [-0.05, 0) is 43.6 Å². The third-order valence-electron chi connectivity index (χ3n) is 5.12. The second kappa shape index (κ2) is 10.3. The van der Waals surface area contributed by atoms with Crippen LogP contribution in [-0.4, -0.2) is 34.2 Å². The van der Waals surface area contributed by atoms with E-state index in [9.17, 15) is 4.79 Å². The van der Waals surface area contributed by atoms with Crippen LogP contribution in [0.5, 0.6) is 0 Å². The molecule has 1 aromatic heterocycles. The van der Waals surface area contributed by atoms with E-state index in [1.54, 1.807) is 0 Å². The number of hydrogen-bond acceptors (Lipinski definition) is 5. The molecule has 0 bridgehead atoms. The van der Waals surface area contributed by atoms with Crippen molar-refractivity contribution in [3.05, 3.63) is 88.3 Å². The molecule has 3 aromatic rings. The second-order valence-electron chi connectivity index (χ2n) is 7.63. The van der Waals surface area contributed by atoms with Crippen molar-refractivity contribution >= 4 is 23.7 Å². The van der Waals surface area contributed by atoms with Crippen molar-refractivity contribution < 1.29 is 4.79 Å². The van der Waals surface area contributed by atoms with Crippen molar-refractivity contribution in [2.45, 2.75) is 39.5 Å². The molecule has 6 heteroatoms. The Morgan fingerprint density at radius 3 is 1.90 bits per heavy atom. The first-order valence-corrected chi connectivity index (χ1v) is 10.4. The van der Waals surface area contributed by atoms with Crippen LogP contribution in [0.2, 0.25) is 5.28 Å². The fourth-order valence-electron chi connectivity index (χ4n) is 3.22. The highest BCUT2D eigenvalue weighted by Crippen LogP contribution is 2.27. The van der Waals surface area contributed by atoms with Crippen molar-refractivity contribution in [3.8, 4) is 0 Å². The number of carbonyl (C=O) groups excluding carboxylic acids is 1. The first kappa shape index (κ1) is 21.9. The van der Waals surface area contributed by atoms with E-state index in [1.807, 2.05) is 43.4 Å². The van der Waals surface area contributed by atoms with Gasteiger partial charge >= 0.3 is 0 Å². The molecule has 0 radical (unpaired) electrons. The molecular formula is C24H27ClN4O. The molecule has 0 aliphatic rings. The molecule has 0 aliphatic heterocycles. The summed E-state index contributed by atoms with van der Waals surface area (Å²) in [6.45, 7) is 6.06. The van der Waals surface area contributed by atoms with Crippen LogP contribution >= 0.6 is 11.6 Å². The maximum atomic E-state index is 11.8. The van der Waals surface area contributed by atoms with Crippen LogP contribution < -0.4 is 4.90 Å². The fourth-order valence-corrected chi connectivity index (χ4v) is 3.39. The molecule has 0 amide bonds. The highest BCUT2D eigenvalue weighted by atomic mass is 35.5. The molecule has 30 heavy (non-hydrogen) atoms. The summed E-state index contributed by atoms with van der Waals surface area (Å²) in [7, 11) is 2.02. The molecule has 1 heterocycles. The Labute approximate surface area is 183 Å². The van der Waals surface area contributed by atoms with Crippen molar-refractivity contribution in [2.24, 2.45) is 0 Å². The minimum atomic E-state index is 0.0779. The van der Waals surface area contributed by atoms with E-state index in [2.05, 4.69) is 57.9 Å². The van der Waals surface area contributed by atoms with Crippen LogP contribution in [0.1, 0.15) is 41.0 Å². The van der Waals surface area contributed by atoms with E-state index in [-0.39, 0.29) is 5.28 Å². The van der Waals surface area contributed by atoms with Gasteiger partial charge in [-0.1, -0.05) is 60.7 Å². The van der Waals surface area contributed by atoms with E-state index in [1.165, 1.54) is 0 Å². The smallest absolute Gasteiger partial charge is 0.225 e. The monoisotopic (exact) mass is 422 g/mol. The molecule has 0 aliphatic carbocycles. The minimum absolute atomic E-state index is 0.0779. The van der Waals surface area contributed by atoms with Crippen LogP contribution in [0.15, 0.2) is 60.7 Å². The molecule has 2 aromatic carbocycles. The lowest BCUT2D eigenvalue weighted by Crippen LogP contribution is -2.30. The topological polar surface area (TPSA) is 49.3 Å². The zero-order valence-corrected chi connectivity index (χ0v) is 18.4. The third kappa shape index (κ3) is 5.65. The van der Waals surface area contributed by atoms with Gasteiger partial charge in [0, 0.05) is 31.2 Å². The normalized spacial score (nSPS) is 11.1. The Hall–Kier alpha value is -2.76. The summed E-state index contributed by atoms with van der Waals surface area (Å²) in [5, 5.41) is 0.0779. The van der Waals surface area contributed by atoms with Gasteiger partial charge in [0.2, 0.25) is 5.28 Å². The number of aldehydes is 1. The Balaban J connectivity index is 2.08. The Morgan fingerprint density at radius 1 is 0.900 bits per heavy atom. The van der Waals surface area contributed by atoms with Gasteiger partial charge in [0.25, 0.3) is 0 Å². The van der Waals surface area contributed by atoms with Crippen molar-refractivity contribution in [1.29, 1.82) is 0 Å². The summed E-state index contributed by atoms with van der Waals surface area (Å²) in [5.74, 6) is 0.692. The van der Waals surface area contributed by atoms with Gasteiger partial charge in [-0.2, -0.15) is 0 Å². The molecule has 0 atom stereocenters. The summed E-state index contributed by atoms with van der Waals surface area (Å²) in [5.41, 5.74) is 3.43. The van der Waals surface area contributed by atoms with Gasteiger partial charge in [0.1, 0.15) is 11.5 Å². The quantitative estimate of drug-likeness (QED) is 0.359. The Kier molecular flexibility index (Phi) is 7.55. The van der Waals surface area contributed by atoms with Gasteiger partial charge in [-0.25, -0.2) is 9.97 Å². The number of rotatable bonds is 9. The zero-order valence-electron chi connectivity index (χ0n) is 17.6. The molecule has 3 rings (SSSR count). The molecule has 0 saturated heterocycles. The number of nitrogens with zero attached hydrogens (tertiary/aromatic N) is 4. The maximum absolute atomic E-state index is 11.8. The van der Waals surface area contributed by atoms with Crippen LogP contribution in [0.3, 0.4) is 0 Å². The molecule has 156 valence electrons. The summed E-state index contributed by atoms with van der Waals surface area (Å²) < 4.78 is 0. The first-order chi connectivity index (χ1) is 14.5. The number of aromatic nitrogens is 2. The predicted molar refractivity (Wildman–Crippen MR) is 122 cm³/mol. The highest BCUT2D eigenvalue weighted by molar-refractivity contribution is 6.28. The van der Waals surface area contributed by atoms with Crippen LogP contribution in [0.25, 0.3) is 0 Å². The van der Waals surface area contributed by atoms with Gasteiger partial charge < -0.3 is 4.90 Å². The minimum Gasteiger partial charge on any atom is -0.348 e. The van der Waals surface area contributed by atoms with Crippen molar-refractivity contribution in [1.82, 2.24) is 14.9 Å². The average molecular weight is 423 g/mol. The van der Waals surface area contributed by atoms with Gasteiger partial charge in [-0.3, -0.25) is 9.69 Å². The lowest BCUT2D eigenvalue weighted by atomic mass is 10.1. The molecule has 0 N–H and O–H groups in total. The van der Waals surface area contributed by atoms with E-state index in [0.29, 0.717) is 37.2 Å². The number of carbonyl (C=O) groups is 1. The Morgan fingerprint density at radius 2 is 1.43 bits per heavy atom. The number of hydrogen-bond donors (Lipinski definition) is 0. The van der Waals surface area contributed by atoms with E-state index in [4.69, 9.17) is 11.6 Å². The fraction of sp³-hybridized carbons (Fsp3) is 0.292. The average Bonchev–Trinajstić information content (AvgIpc) is 2.75. The van der Waals surface area contributed by atoms with E-state index < -0.39 is 0 Å². The lowest BCUT2D eigenvalue weighted by Gasteiger charge is -2.29. The maximum Gasteiger partial charge on any atom is 0.225 e. The van der Waals surface area contributed by atoms with Crippen molar-refractivity contribution in [2.75, 3.05) is 11.9 Å². The first-order valence-electron chi connectivity index (χ1n) is 10.0. The van der Waals surface area contributed by atoms with E-state index >= 15 is 0 Å². The summed E-state index contributed by atoms with van der Waals surface area (Å²) in [4.78, 5) is 24.9. The molecule has 0 unspecified atom stereocenters. The number of anilines is 1. The van der Waals surface area contributed by atoms with Crippen molar-refractivity contribution in [3.63, 3.8) is 0 Å². The number of benzene rings is 2. The predicted octanol–water partition coefficient (Wildman–Crippen LogP) is 4.99. The lowest BCUT2D eigenvalue weighted by molar-refractivity contribution is 0.111. The van der Waals surface area contributed by atoms with Gasteiger partial charge in [-0.15, -0.1) is 0 Å². The van der Waals surface area contributed by atoms with Crippen LogP contribution in [-0.2, 0) is 19.6 Å². The SMILES string of the molecule is CC(C)N(C)Cc1c(C=O)nc(Cl)nc1N(Cc1ccccc1)Cc1ccccc1. The standard InChI is InChI=1S/C24H27ClN4O/c1-18(2)28(3)16-21-22(17-30)26-24(25)27-23(21)29(14-19-10-6-4-7-11-19)15-20-12-8-5-9-13-20/h4-13,17-18H,14-16H2,1-3H3. The van der Waals surface area contributed by atoms with Crippen LogP contribution in [0, 0.1) is 0 Å². The third-order valence-corrected chi connectivity index (χ3v) is 5.29. The molecule has 0 fully saturated rings. The van der Waals surface area contributed by atoms with Gasteiger partial charge in [0.15, 0.2) is 6.29 Å². The summed E-state index contributed by atoms with van der Waals surface area (Å²) in [6.07, 6.45) is 0.768. The molecule has 5 nitrogen and oxygen atoms in total. The molecule has 0 saturated carbocycles. The second-order valence-corrected chi connectivity index (χ2v) is 7.97. The van der Waals surface area contributed by atoms with Gasteiger partial charge in [0.05, 0.1) is 0 Å². The molecule has 0 spiro atoms. The highest BCUT2D eigenvalue weighted by Gasteiger charge is 2.21. The largest absolute Gasteiger partial charge is 0.348 e. The molecular weight excluding hydrogens is 396 g/mol.